The lowest BCUT2D eigenvalue weighted by atomic mass is 10.1. The van der Waals surface area contributed by atoms with Crippen molar-refractivity contribution in [3.8, 4) is 11.4 Å². The summed E-state index contributed by atoms with van der Waals surface area (Å²) in [6, 6.07) is 1.25. The predicted octanol–water partition coefficient (Wildman–Crippen LogP) is 2.67. The van der Waals surface area contributed by atoms with E-state index >= 15 is 0 Å². The molecule has 34 heavy (non-hydrogen) atoms. The first-order chi connectivity index (χ1) is 16.3. The largest absolute Gasteiger partial charge is 0.379 e. The number of hydrogen-bond donors (Lipinski definition) is 1. The standard InChI is InChI=1S/C24H33N7O3/c1-7-31-22(18-10-26-17(5)27-11-18)29-21-19(8-9-25-23(21)31)28-20(16(4)33-6)24(32)30-12-14(2)34-15(3)13-30/h8-11,14-16,20H,7,12-13H2,1-6H3,(H,25,28)/t14-,15+,16-,20-/m0/s1. The highest BCUT2D eigenvalue weighted by molar-refractivity contribution is 5.92. The lowest BCUT2D eigenvalue weighted by Crippen LogP contribution is -2.55. The van der Waals surface area contributed by atoms with E-state index in [1.807, 2.05) is 50.2 Å². The number of carbonyl (C=O) groups excluding carboxylic acids is 1. The lowest BCUT2D eigenvalue weighted by Gasteiger charge is -2.38. The molecule has 10 nitrogen and oxygen atoms in total. The van der Waals surface area contributed by atoms with Crippen molar-refractivity contribution >= 4 is 22.8 Å². The van der Waals surface area contributed by atoms with E-state index in [2.05, 4.69) is 20.3 Å². The zero-order valence-corrected chi connectivity index (χ0v) is 20.6. The molecule has 1 N–H and O–H groups in total. The molecule has 10 heteroatoms. The van der Waals surface area contributed by atoms with Crippen LogP contribution in [0.2, 0.25) is 0 Å². The molecule has 3 aromatic rings. The van der Waals surface area contributed by atoms with Crippen LogP contribution >= 0.6 is 0 Å². The fourth-order valence-corrected chi connectivity index (χ4v) is 4.40. The average Bonchev–Trinajstić information content (AvgIpc) is 3.21. The van der Waals surface area contributed by atoms with Gasteiger partial charge in [-0.2, -0.15) is 0 Å². The van der Waals surface area contributed by atoms with Gasteiger partial charge in [0.15, 0.2) is 5.65 Å². The monoisotopic (exact) mass is 467 g/mol. The van der Waals surface area contributed by atoms with Crippen molar-refractivity contribution in [1.29, 1.82) is 0 Å². The van der Waals surface area contributed by atoms with Gasteiger partial charge in [0.2, 0.25) is 5.91 Å². The summed E-state index contributed by atoms with van der Waals surface area (Å²) >= 11 is 0. The van der Waals surface area contributed by atoms with E-state index in [0.717, 1.165) is 22.7 Å². The van der Waals surface area contributed by atoms with Crippen molar-refractivity contribution < 1.29 is 14.3 Å². The number of nitrogens with zero attached hydrogens (tertiary/aromatic N) is 6. The van der Waals surface area contributed by atoms with Gasteiger partial charge in [-0.3, -0.25) is 4.79 Å². The summed E-state index contributed by atoms with van der Waals surface area (Å²) in [7, 11) is 1.61. The quantitative estimate of drug-likeness (QED) is 0.565. The van der Waals surface area contributed by atoms with Gasteiger partial charge in [0.05, 0.1) is 29.6 Å². The molecule has 182 valence electrons. The van der Waals surface area contributed by atoms with Crippen molar-refractivity contribution in [2.45, 2.75) is 65.5 Å². The van der Waals surface area contributed by atoms with Gasteiger partial charge in [-0.05, 0) is 40.7 Å². The van der Waals surface area contributed by atoms with E-state index in [1.54, 1.807) is 25.7 Å². The van der Waals surface area contributed by atoms with E-state index in [-0.39, 0.29) is 24.2 Å². The Morgan fingerprint density at radius 3 is 2.53 bits per heavy atom. The fraction of sp³-hybridized carbons (Fsp3) is 0.542. The van der Waals surface area contributed by atoms with Crippen molar-refractivity contribution in [3.63, 3.8) is 0 Å². The number of methoxy groups -OCH3 is 1. The van der Waals surface area contributed by atoms with Gasteiger partial charge in [0.1, 0.15) is 23.2 Å². The van der Waals surface area contributed by atoms with Crippen LogP contribution in [0, 0.1) is 6.92 Å². The number of amides is 1. The number of pyridine rings is 1. The number of hydrogen-bond acceptors (Lipinski definition) is 8. The molecule has 0 aliphatic carbocycles. The second-order valence-electron chi connectivity index (χ2n) is 8.79. The summed E-state index contributed by atoms with van der Waals surface area (Å²) in [6.07, 6.45) is 4.87. The smallest absolute Gasteiger partial charge is 0.247 e. The predicted molar refractivity (Wildman–Crippen MR) is 129 cm³/mol. The Morgan fingerprint density at radius 1 is 1.24 bits per heavy atom. The third kappa shape index (κ3) is 4.74. The second-order valence-corrected chi connectivity index (χ2v) is 8.79. The van der Waals surface area contributed by atoms with Crippen LogP contribution in [0.3, 0.4) is 0 Å². The molecule has 1 fully saturated rings. The highest BCUT2D eigenvalue weighted by atomic mass is 16.5. The van der Waals surface area contributed by atoms with Crippen LogP contribution in [0.15, 0.2) is 24.7 Å². The minimum Gasteiger partial charge on any atom is -0.379 e. The molecule has 3 aromatic heterocycles. The first-order valence-corrected chi connectivity index (χ1v) is 11.7. The van der Waals surface area contributed by atoms with Gasteiger partial charge >= 0.3 is 0 Å². The number of aryl methyl sites for hydroxylation is 2. The van der Waals surface area contributed by atoms with Gasteiger partial charge in [-0.1, -0.05) is 0 Å². The third-order valence-corrected chi connectivity index (χ3v) is 6.14. The topological polar surface area (TPSA) is 107 Å². The van der Waals surface area contributed by atoms with Gasteiger partial charge < -0.3 is 24.3 Å². The maximum atomic E-state index is 13.6. The number of aromatic nitrogens is 5. The van der Waals surface area contributed by atoms with E-state index in [1.165, 1.54) is 0 Å². The number of fused-ring (bicyclic) bond motifs is 1. The summed E-state index contributed by atoms with van der Waals surface area (Å²) in [6.45, 7) is 11.5. The molecule has 0 saturated carbocycles. The highest BCUT2D eigenvalue weighted by Gasteiger charge is 2.34. The average molecular weight is 468 g/mol. The minimum absolute atomic E-state index is 0.0154. The fourth-order valence-electron chi connectivity index (χ4n) is 4.40. The van der Waals surface area contributed by atoms with Crippen LogP contribution in [0.4, 0.5) is 5.69 Å². The van der Waals surface area contributed by atoms with Gasteiger partial charge in [0.25, 0.3) is 0 Å². The Morgan fingerprint density at radius 2 is 1.91 bits per heavy atom. The third-order valence-electron chi connectivity index (χ3n) is 6.14. The molecule has 0 unspecified atom stereocenters. The van der Waals surface area contributed by atoms with Gasteiger partial charge in [-0.15, -0.1) is 0 Å². The molecular weight excluding hydrogens is 434 g/mol. The normalized spacial score (nSPS) is 20.4. The Kier molecular flexibility index (Phi) is 7.08. The van der Waals surface area contributed by atoms with E-state index in [0.29, 0.717) is 31.0 Å². The SMILES string of the molecule is CCn1c(-c2cnc(C)nc2)nc2c(N[C@H](C(=O)N3C[C@@H](C)O[C@@H](C)C3)[C@H](C)OC)ccnc21. The number of ether oxygens (including phenoxy) is 2. The van der Waals surface area contributed by atoms with E-state index < -0.39 is 6.04 Å². The maximum Gasteiger partial charge on any atom is 0.247 e. The Balaban J connectivity index is 1.71. The number of nitrogens with one attached hydrogen (secondary N) is 1. The van der Waals surface area contributed by atoms with Crippen LogP contribution in [0.5, 0.6) is 0 Å². The molecule has 0 radical (unpaired) electrons. The van der Waals surface area contributed by atoms with Crippen molar-refractivity contribution in [2.75, 3.05) is 25.5 Å². The summed E-state index contributed by atoms with van der Waals surface area (Å²) in [4.78, 5) is 33.5. The van der Waals surface area contributed by atoms with Crippen molar-refractivity contribution in [2.24, 2.45) is 0 Å². The van der Waals surface area contributed by atoms with Crippen LogP contribution in [-0.2, 0) is 20.8 Å². The zero-order valence-electron chi connectivity index (χ0n) is 20.6. The molecule has 1 amide bonds. The number of imidazole rings is 1. The molecule has 4 atom stereocenters. The van der Waals surface area contributed by atoms with Crippen molar-refractivity contribution in [1.82, 2.24) is 29.4 Å². The Hall–Kier alpha value is -3.11. The Labute approximate surface area is 199 Å². The number of morpholine rings is 1. The summed E-state index contributed by atoms with van der Waals surface area (Å²) in [5.74, 6) is 1.41. The van der Waals surface area contributed by atoms with Crippen molar-refractivity contribution in [3.05, 3.63) is 30.5 Å². The van der Waals surface area contributed by atoms with Crippen LogP contribution in [-0.4, -0.2) is 79.9 Å². The number of anilines is 1. The summed E-state index contributed by atoms with van der Waals surface area (Å²) < 4.78 is 13.4. The minimum atomic E-state index is -0.592. The molecule has 0 aromatic carbocycles. The maximum absolute atomic E-state index is 13.6. The van der Waals surface area contributed by atoms with Crippen LogP contribution in [0.25, 0.3) is 22.6 Å². The second kappa shape index (κ2) is 10.0. The van der Waals surface area contributed by atoms with Gasteiger partial charge in [-0.25, -0.2) is 19.9 Å². The molecule has 1 aliphatic rings. The number of carbonyl (C=O) groups is 1. The first kappa shape index (κ1) is 24.0. The molecule has 4 rings (SSSR count). The molecule has 1 saturated heterocycles. The molecule has 1 aliphatic heterocycles. The molecular formula is C24H33N7O3. The molecule has 0 bridgehead atoms. The van der Waals surface area contributed by atoms with Crippen LogP contribution in [0.1, 0.15) is 33.5 Å². The first-order valence-electron chi connectivity index (χ1n) is 11.7. The molecule has 0 spiro atoms. The Bertz CT molecular complexity index is 1140. The number of rotatable bonds is 7. The zero-order chi connectivity index (χ0) is 24.4. The van der Waals surface area contributed by atoms with E-state index in [4.69, 9.17) is 14.5 Å². The summed E-state index contributed by atoms with van der Waals surface area (Å²) in [5, 5.41) is 3.42. The lowest BCUT2D eigenvalue weighted by molar-refractivity contribution is -0.146. The van der Waals surface area contributed by atoms with E-state index in [9.17, 15) is 4.79 Å². The van der Waals surface area contributed by atoms with Gasteiger partial charge in [0, 0.05) is 45.3 Å². The molecule has 4 heterocycles. The summed E-state index contributed by atoms with van der Waals surface area (Å²) in [5.41, 5.74) is 2.95. The van der Waals surface area contributed by atoms with Crippen LogP contribution < -0.4 is 5.32 Å². The highest BCUT2D eigenvalue weighted by Crippen LogP contribution is 2.28.